The predicted octanol–water partition coefficient (Wildman–Crippen LogP) is 3.14. The van der Waals surface area contributed by atoms with Gasteiger partial charge in [0, 0.05) is 5.69 Å². The van der Waals surface area contributed by atoms with Gasteiger partial charge in [0.15, 0.2) is 0 Å². The van der Waals surface area contributed by atoms with E-state index in [4.69, 9.17) is 9.84 Å². The van der Waals surface area contributed by atoms with Crippen molar-refractivity contribution in [2.45, 2.75) is 20.3 Å². The van der Waals surface area contributed by atoms with Crippen LogP contribution >= 0.6 is 11.3 Å². The Morgan fingerprint density at radius 3 is 2.41 bits per heavy atom. The first kappa shape index (κ1) is 20.5. The van der Waals surface area contributed by atoms with Crippen molar-refractivity contribution in [3.8, 4) is 0 Å². The molecule has 0 saturated heterocycles. The molecule has 1 aliphatic carbocycles. The largest absolute Gasteiger partial charge is 0.481 e. The van der Waals surface area contributed by atoms with Gasteiger partial charge in [-0.3, -0.25) is 14.4 Å². The number of carboxylic acids is 1. The molecule has 2 atom stereocenters. The minimum Gasteiger partial charge on any atom is -0.481 e. The Morgan fingerprint density at radius 2 is 1.83 bits per heavy atom. The third-order valence-electron chi connectivity index (χ3n) is 4.55. The second-order valence-corrected chi connectivity index (χ2v) is 7.60. The highest BCUT2D eigenvalue weighted by Gasteiger charge is 2.48. The van der Waals surface area contributed by atoms with Crippen LogP contribution in [0.4, 0.5) is 10.7 Å². The van der Waals surface area contributed by atoms with E-state index in [-0.39, 0.29) is 28.5 Å². The third kappa shape index (κ3) is 4.45. The van der Waals surface area contributed by atoms with Gasteiger partial charge in [-0.15, -0.1) is 11.3 Å². The van der Waals surface area contributed by atoms with Gasteiger partial charge >= 0.3 is 11.9 Å². The van der Waals surface area contributed by atoms with E-state index >= 15 is 0 Å². The smallest absolute Gasteiger partial charge is 0.341 e. The molecule has 1 saturated carbocycles. The van der Waals surface area contributed by atoms with Gasteiger partial charge in [-0.2, -0.15) is 0 Å². The van der Waals surface area contributed by atoms with Gasteiger partial charge in [-0.05, 0) is 38.0 Å². The van der Waals surface area contributed by atoms with Gasteiger partial charge in [0.2, 0.25) is 5.91 Å². The molecule has 1 aromatic heterocycles. The number of carboxylic acid groups (broad SMARTS) is 1. The van der Waals surface area contributed by atoms with Crippen LogP contribution in [0.3, 0.4) is 0 Å². The first-order valence-corrected chi connectivity index (χ1v) is 9.85. The van der Waals surface area contributed by atoms with Crippen molar-refractivity contribution >= 4 is 45.8 Å². The van der Waals surface area contributed by atoms with Gasteiger partial charge in [-0.25, -0.2) is 4.79 Å². The van der Waals surface area contributed by atoms with Crippen molar-refractivity contribution in [3.05, 3.63) is 46.3 Å². The van der Waals surface area contributed by atoms with Crippen LogP contribution in [0.2, 0.25) is 0 Å². The number of amides is 2. The lowest BCUT2D eigenvalue weighted by molar-refractivity contribution is -0.139. The molecule has 0 bridgehead atoms. The van der Waals surface area contributed by atoms with Crippen LogP contribution in [0.5, 0.6) is 0 Å². The SMILES string of the molecule is CCOC(=O)c1c(NC(=O)C2CC2C(=O)O)sc(C(=O)Nc2ccccc2)c1C. The number of aliphatic carboxylic acids is 1. The van der Waals surface area contributed by atoms with Crippen LogP contribution in [-0.4, -0.2) is 35.5 Å². The number of anilines is 2. The molecule has 152 valence electrons. The maximum absolute atomic E-state index is 12.7. The number of carbonyl (C=O) groups excluding carboxylic acids is 3. The zero-order chi connectivity index (χ0) is 21.1. The molecule has 2 unspecified atom stereocenters. The standard InChI is InChI=1S/C20H20N2O6S/c1-3-28-20(27)14-10(2)15(17(24)21-11-7-5-4-6-8-11)29-18(14)22-16(23)12-9-13(12)19(25)26/h4-8,12-13H,3,9H2,1-2H3,(H,21,24)(H,22,23)(H,25,26). The molecule has 1 heterocycles. The summed E-state index contributed by atoms with van der Waals surface area (Å²) in [6, 6.07) is 8.84. The summed E-state index contributed by atoms with van der Waals surface area (Å²) < 4.78 is 5.07. The number of nitrogens with one attached hydrogen (secondary N) is 2. The molecule has 29 heavy (non-hydrogen) atoms. The minimum atomic E-state index is -1.03. The fourth-order valence-corrected chi connectivity index (χ4v) is 4.03. The Kier molecular flexibility index (Phi) is 5.97. The van der Waals surface area contributed by atoms with Gasteiger partial charge in [-0.1, -0.05) is 18.2 Å². The monoisotopic (exact) mass is 416 g/mol. The summed E-state index contributed by atoms with van der Waals surface area (Å²) in [5.41, 5.74) is 1.09. The maximum atomic E-state index is 12.7. The first-order valence-electron chi connectivity index (χ1n) is 9.04. The summed E-state index contributed by atoms with van der Waals surface area (Å²) in [5, 5.41) is 14.6. The van der Waals surface area contributed by atoms with Crippen LogP contribution in [0.15, 0.2) is 30.3 Å². The van der Waals surface area contributed by atoms with Crippen LogP contribution in [0.1, 0.15) is 38.9 Å². The van der Waals surface area contributed by atoms with Crippen molar-refractivity contribution in [1.82, 2.24) is 0 Å². The summed E-state index contributed by atoms with van der Waals surface area (Å²) in [4.78, 5) is 48.8. The topological polar surface area (TPSA) is 122 Å². The zero-order valence-electron chi connectivity index (χ0n) is 15.9. The van der Waals surface area contributed by atoms with E-state index in [0.717, 1.165) is 11.3 Å². The summed E-state index contributed by atoms with van der Waals surface area (Å²) in [7, 11) is 0. The second kappa shape index (κ2) is 8.44. The van der Waals surface area contributed by atoms with E-state index < -0.39 is 35.6 Å². The Bertz CT molecular complexity index is 969. The first-order chi connectivity index (χ1) is 13.8. The van der Waals surface area contributed by atoms with Crippen LogP contribution < -0.4 is 10.6 Å². The summed E-state index contributed by atoms with van der Waals surface area (Å²) in [5.74, 6) is -3.95. The Hall–Kier alpha value is -3.20. The minimum absolute atomic E-state index is 0.107. The van der Waals surface area contributed by atoms with Crippen LogP contribution in [-0.2, 0) is 14.3 Å². The highest BCUT2D eigenvalue weighted by molar-refractivity contribution is 7.19. The van der Waals surface area contributed by atoms with E-state index in [9.17, 15) is 19.2 Å². The molecule has 8 nitrogen and oxygen atoms in total. The fraction of sp³-hybridized carbons (Fsp3) is 0.300. The molecule has 2 aromatic rings. The number of benzene rings is 1. The van der Waals surface area contributed by atoms with E-state index in [1.807, 2.05) is 6.07 Å². The molecular formula is C20H20N2O6S. The molecule has 9 heteroatoms. The van der Waals surface area contributed by atoms with Crippen molar-refractivity contribution in [2.75, 3.05) is 17.2 Å². The van der Waals surface area contributed by atoms with Gasteiger partial charge < -0.3 is 20.5 Å². The number of ether oxygens (including phenoxy) is 1. The molecular weight excluding hydrogens is 396 g/mol. The number of carbonyl (C=O) groups is 4. The van der Waals surface area contributed by atoms with Crippen molar-refractivity contribution < 1.29 is 29.0 Å². The lowest BCUT2D eigenvalue weighted by atomic mass is 10.1. The van der Waals surface area contributed by atoms with Gasteiger partial charge in [0.25, 0.3) is 5.91 Å². The summed E-state index contributed by atoms with van der Waals surface area (Å²) >= 11 is 0.959. The number of hydrogen-bond acceptors (Lipinski definition) is 6. The molecule has 3 rings (SSSR count). The molecule has 1 aliphatic rings. The second-order valence-electron chi connectivity index (χ2n) is 6.58. The van der Waals surface area contributed by atoms with Crippen LogP contribution in [0.25, 0.3) is 0 Å². The number of esters is 1. The fourth-order valence-electron chi connectivity index (χ4n) is 2.94. The molecule has 3 N–H and O–H groups in total. The number of rotatable bonds is 7. The van der Waals surface area contributed by atoms with Gasteiger partial charge in [0.05, 0.1) is 28.9 Å². The van der Waals surface area contributed by atoms with Crippen molar-refractivity contribution in [1.29, 1.82) is 0 Å². The Labute approximate surface area is 170 Å². The van der Waals surface area contributed by atoms with E-state index in [0.29, 0.717) is 11.3 Å². The molecule has 1 fully saturated rings. The lowest BCUT2D eigenvalue weighted by Gasteiger charge is -2.06. The zero-order valence-corrected chi connectivity index (χ0v) is 16.7. The van der Waals surface area contributed by atoms with Gasteiger partial charge in [0.1, 0.15) is 5.00 Å². The Morgan fingerprint density at radius 1 is 1.14 bits per heavy atom. The summed E-state index contributed by atoms with van der Waals surface area (Å²) in [6.07, 6.45) is 0.252. The molecule has 2 amide bonds. The van der Waals surface area contributed by atoms with Crippen molar-refractivity contribution in [2.24, 2.45) is 11.8 Å². The number of para-hydroxylation sites is 1. The predicted molar refractivity (Wildman–Crippen MR) is 107 cm³/mol. The average Bonchev–Trinajstić information content (AvgIpc) is 3.42. The quantitative estimate of drug-likeness (QED) is 0.596. The average molecular weight is 416 g/mol. The van der Waals surface area contributed by atoms with Crippen molar-refractivity contribution in [3.63, 3.8) is 0 Å². The normalized spacial score (nSPS) is 17.3. The number of hydrogen-bond donors (Lipinski definition) is 3. The number of thiophene rings is 1. The van der Waals surface area contributed by atoms with E-state index in [1.54, 1.807) is 38.1 Å². The molecule has 0 spiro atoms. The molecule has 1 aromatic carbocycles. The highest BCUT2D eigenvalue weighted by Crippen LogP contribution is 2.41. The maximum Gasteiger partial charge on any atom is 0.341 e. The Balaban J connectivity index is 1.87. The lowest BCUT2D eigenvalue weighted by Crippen LogP contribution is -2.18. The molecule has 0 radical (unpaired) electrons. The van der Waals surface area contributed by atoms with Crippen LogP contribution in [0, 0.1) is 18.8 Å². The highest BCUT2D eigenvalue weighted by atomic mass is 32.1. The third-order valence-corrected chi connectivity index (χ3v) is 5.75. The molecule has 0 aliphatic heterocycles. The van der Waals surface area contributed by atoms with E-state index in [1.165, 1.54) is 0 Å². The van der Waals surface area contributed by atoms with E-state index in [2.05, 4.69) is 10.6 Å². The summed E-state index contributed by atoms with van der Waals surface area (Å²) in [6.45, 7) is 3.40.